The highest BCUT2D eigenvalue weighted by molar-refractivity contribution is 7.99. The van der Waals surface area contributed by atoms with Crippen molar-refractivity contribution in [1.29, 1.82) is 0 Å². The summed E-state index contributed by atoms with van der Waals surface area (Å²) in [4.78, 5) is 12.7. The van der Waals surface area contributed by atoms with Gasteiger partial charge in [0.05, 0.1) is 11.4 Å². The standard InChI is InChI=1S/C19H23N5OS/c1-6-23-14(4)10-16(15(23)5)18(25)11-26-19-20-21-22-24(19)17-8-7-12(2)9-13(17)3/h7-10H,6,11H2,1-5H3. The number of thioether (sulfide) groups is 1. The van der Waals surface area contributed by atoms with Gasteiger partial charge in [0, 0.05) is 23.5 Å². The number of carbonyl (C=O) groups is 1. The third-order valence-corrected chi connectivity index (χ3v) is 5.46. The minimum atomic E-state index is 0.0954. The monoisotopic (exact) mass is 369 g/mol. The highest BCUT2D eigenvalue weighted by Crippen LogP contribution is 2.23. The first-order valence-corrected chi connectivity index (χ1v) is 9.59. The summed E-state index contributed by atoms with van der Waals surface area (Å²) in [5.74, 6) is 0.400. The maximum atomic E-state index is 12.7. The Balaban J connectivity index is 1.79. The molecule has 6 nitrogen and oxygen atoms in total. The molecule has 0 spiro atoms. The van der Waals surface area contributed by atoms with Gasteiger partial charge in [0.2, 0.25) is 5.16 Å². The van der Waals surface area contributed by atoms with Gasteiger partial charge >= 0.3 is 0 Å². The molecule has 0 aliphatic heterocycles. The van der Waals surface area contributed by atoms with Crippen LogP contribution in [-0.4, -0.2) is 36.3 Å². The fraction of sp³-hybridized carbons (Fsp3) is 0.368. The van der Waals surface area contributed by atoms with Crippen LogP contribution in [0.5, 0.6) is 0 Å². The van der Waals surface area contributed by atoms with Crippen molar-refractivity contribution in [2.45, 2.75) is 46.3 Å². The fourth-order valence-corrected chi connectivity index (χ4v) is 4.01. The van der Waals surface area contributed by atoms with Crippen LogP contribution in [0.4, 0.5) is 0 Å². The van der Waals surface area contributed by atoms with Crippen LogP contribution in [-0.2, 0) is 6.54 Å². The predicted molar refractivity (Wildman–Crippen MR) is 103 cm³/mol. The molecule has 0 saturated carbocycles. The van der Waals surface area contributed by atoms with Crippen molar-refractivity contribution in [3.63, 3.8) is 0 Å². The second-order valence-electron chi connectivity index (χ2n) is 6.40. The topological polar surface area (TPSA) is 65.6 Å². The number of nitrogens with zero attached hydrogens (tertiary/aromatic N) is 5. The fourth-order valence-electron chi connectivity index (χ4n) is 3.24. The molecule has 0 bridgehead atoms. The molecule has 0 radical (unpaired) electrons. The molecule has 3 rings (SSSR count). The summed E-state index contributed by atoms with van der Waals surface area (Å²) in [7, 11) is 0. The molecule has 0 saturated heterocycles. The predicted octanol–water partition coefficient (Wildman–Crippen LogP) is 3.69. The summed E-state index contributed by atoms with van der Waals surface area (Å²) >= 11 is 1.36. The van der Waals surface area contributed by atoms with Gasteiger partial charge in [-0.3, -0.25) is 4.79 Å². The van der Waals surface area contributed by atoms with Gasteiger partial charge in [0.25, 0.3) is 0 Å². The molecule has 0 atom stereocenters. The number of ketones is 1. The molecule has 136 valence electrons. The third-order valence-electron chi connectivity index (χ3n) is 4.54. The van der Waals surface area contributed by atoms with Gasteiger partial charge in [0.15, 0.2) is 5.78 Å². The van der Waals surface area contributed by atoms with Gasteiger partial charge in [0.1, 0.15) is 0 Å². The Morgan fingerprint density at radius 2 is 1.92 bits per heavy atom. The van der Waals surface area contributed by atoms with Gasteiger partial charge in [-0.05, 0) is 62.7 Å². The molecule has 0 fully saturated rings. The first kappa shape index (κ1) is 18.4. The van der Waals surface area contributed by atoms with Crippen LogP contribution in [0.3, 0.4) is 0 Å². The number of hydrogen-bond donors (Lipinski definition) is 0. The maximum absolute atomic E-state index is 12.7. The van der Waals surface area contributed by atoms with Crippen molar-refractivity contribution in [3.05, 3.63) is 52.3 Å². The molecule has 0 unspecified atom stereocenters. The number of aryl methyl sites for hydroxylation is 3. The second-order valence-corrected chi connectivity index (χ2v) is 7.35. The van der Waals surface area contributed by atoms with Crippen molar-refractivity contribution in [2.75, 3.05) is 5.75 Å². The number of hydrogen-bond acceptors (Lipinski definition) is 5. The van der Waals surface area contributed by atoms with Crippen molar-refractivity contribution in [2.24, 2.45) is 0 Å². The van der Waals surface area contributed by atoms with Crippen molar-refractivity contribution >= 4 is 17.5 Å². The highest BCUT2D eigenvalue weighted by atomic mass is 32.2. The van der Waals surface area contributed by atoms with E-state index in [1.165, 1.54) is 17.3 Å². The number of carbonyl (C=O) groups excluding carboxylic acids is 1. The quantitative estimate of drug-likeness (QED) is 0.490. The first-order valence-electron chi connectivity index (χ1n) is 8.61. The number of Topliss-reactive ketones (excluding diaryl/α,β-unsaturated/α-hetero) is 1. The molecular weight excluding hydrogens is 346 g/mol. The molecule has 0 aliphatic rings. The number of benzene rings is 1. The van der Waals surface area contributed by atoms with E-state index in [4.69, 9.17) is 0 Å². The summed E-state index contributed by atoms with van der Waals surface area (Å²) < 4.78 is 3.85. The Hall–Kier alpha value is -2.41. The van der Waals surface area contributed by atoms with Crippen molar-refractivity contribution in [3.8, 4) is 5.69 Å². The molecule has 26 heavy (non-hydrogen) atoms. The average Bonchev–Trinajstić information content (AvgIpc) is 3.17. The molecule has 7 heteroatoms. The Kier molecular flexibility index (Phi) is 5.27. The van der Waals surface area contributed by atoms with Crippen LogP contribution >= 0.6 is 11.8 Å². The number of rotatable bonds is 6. The molecule has 2 aromatic heterocycles. The number of tetrazole rings is 1. The lowest BCUT2D eigenvalue weighted by molar-refractivity contribution is 0.102. The first-order chi connectivity index (χ1) is 12.4. The van der Waals surface area contributed by atoms with Crippen molar-refractivity contribution in [1.82, 2.24) is 24.8 Å². The Morgan fingerprint density at radius 1 is 1.15 bits per heavy atom. The molecule has 3 aromatic rings. The number of aromatic nitrogens is 5. The van der Waals surface area contributed by atoms with Crippen LogP contribution in [0, 0.1) is 27.7 Å². The van der Waals surface area contributed by atoms with Gasteiger partial charge in [-0.15, -0.1) is 5.10 Å². The highest BCUT2D eigenvalue weighted by Gasteiger charge is 2.18. The minimum Gasteiger partial charge on any atom is -0.349 e. The van der Waals surface area contributed by atoms with E-state index in [1.807, 2.05) is 39.0 Å². The van der Waals surface area contributed by atoms with E-state index in [2.05, 4.69) is 40.0 Å². The van der Waals surface area contributed by atoms with Crippen LogP contribution in [0.2, 0.25) is 0 Å². The summed E-state index contributed by atoms with van der Waals surface area (Å²) in [5, 5.41) is 12.6. The van der Waals surface area contributed by atoms with Crippen molar-refractivity contribution < 1.29 is 4.79 Å². The Labute approximate surface area is 157 Å². The van der Waals surface area contributed by atoms with E-state index in [9.17, 15) is 4.79 Å². The summed E-state index contributed by atoms with van der Waals surface area (Å²) in [6, 6.07) is 8.09. The largest absolute Gasteiger partial charge is 0.349 e. The SMILES string of the molecule is CCn1c(C)cc(C(=O)CSc2nnnn2-c2ccc(C)cc2C)c1C. The zero-order valence-corrected chi connectivity index (χ0v) is 16.6. The van der Waals surface area contributed by atoms with E-state index < -0.39 is 0 Å². The Morgan fingerprint density at radius 3 is 2.58 bits per heavy atom. The van der Waals surface area contributed by atoms with E-state index in [-0.39, 0.29) is 5.78 Å². The van der Waals surface area contributed by atoms with Gasteiger partial charge < -0.3 is 4.57 Å². The van der Waals surface area contributed by atoms with Gasteiger partial charge in [-0.2, -0.15) is 4.68 Å². The van der Waals surface area contributed by atoms with Gasteiger partial charge in [-0.25, -0.2) is 0 Å². The summed E-state index contributed by atoms with van der Waals surface area (Å²) in [6.07, 6.45) is 0. The Bertz CT molecular complexity index is 957. The molecule has 0 N–H and O–H groups in total. The molecule has 0 amide bonds. The minimum absolute atomic E-state index is 0.0954. The molecule has 0 aliphatic carbocycles. The van der Waals surface area contributed by atoms with Gasteiger partial charge in [-0.1, -0.05) is 29.5 Å². The summed E-state index contributed by atoms with van der Waals surface area (Å²) in [6.45, 7) is 11.1. The third kappa shape index (κ3) is 3.44. The average molecular weight is 369 g/mol. The van der Waals surface area contributed by atoms with Crippen LogP contribution in [0.25, 0.3) is 5.69 Å². The van der Waals surface area contributed by atoms with E-state index >= 15 is 0 Å². The second kappa shape index (κ2) is 7.45. The zero-order chi connectivity index (χ0) is 18.8. The van der Waals surface area contributed by atoms with Crippen LogP contribution in [0.1, 0.15) is 39.8 Å². The molecular formula is C19H23N5OS. The summed E-state index contributed by atoms with van der Waals surface area (Å²) in [5.41, 5.74) is 6.12. The zero-order valence-electron chi connectivity index (χ0n) is 15.8. The van der Waals surface area contributed by atoms with Crippen LogP contribution in [0.15, 0.2) is 29.4 Å². The lowest BCUT2D eigenvalue weighted by Gasteiger charge is -2.08. The van der Waals surface area contributed by atoms with E-state index in [1.54, 1.807) is 4.68 Å². The lowest BCUT2D eigenvalue weighted by Crippen LogP contribution is -2.07. The van der Waals surface area contributed by atoms with Crippen LogP contribution < -0.4 is 0 Å². The smallest absolute Gasteiger partial charge is 0.214 e. The molecule has 1 aromatic carbocycles. The van der Waals surface area contributed by atoms with E-state index in [0.29, 0.717) is 10.9 Å². The maximum Gasteiger partial charge on any atom is 0.214 e. The normalized spacial score (nSPS) is 11.1. The van der Waals surface area contributed by atoms with E-state index in [0.717, 1.165) is 34.7 Å². The lowest BCUT2D eigenvalue weighted by atomic mass is 10.1. The molecule has 2 heterocycles.